The van der Waals surface area contributed by atoms with Crippen molar-refractivity contribution in [3.63, 3.8) is 0 Å². The summed E-state index contributed by atoms with van der Waals surface area (Å²) in [5.41, 5.74) is 0. The van der Waals surface area contributed by atoms with Gasteiger partial charge in [-0.05, 0) is 0 Å². The normalized spacial score (nSPS) is 15.1. The fraction of sp³-hybridized carbons (Fsp3) is 0.455. The second-order valence-corrected chi connectivity index (χ2v) is 3.71. The molecule has 0 aromatic carbocycles. The topological polar surface area (TPSA) is 60.9 Å². The minimum absolute atomic E-state index is 0.155. The molecule has 0 aromatic rings. The van der Waals surface area contributed by atoms with Crippen molar-refractivity contribution in [1.29, 1.82) is 0 Å². The van der Waals surface area contributed by atoms with Crippen LogP contribution < -0.4 is 0 Å². The van der Waals surface area contributed by atoms with Gasteiger partial charge in [-0.25, -0.2) is 4.79 Å². The number of aliphatic carboxylic acids is 1. The van der Waals surface area contributed by atoms with Gasteiger partial charge in [0, 0.05) is 26.2 Å². The van der Waals surface area contributed by atoms with E-state index in [0.29, 0.717) is 26.2 Å². The number of likely N-dealkylation sites (tertiary alicyclic amines) is 1. The van der Waals surface area contributed by atoms with E-state index in [9.17, 15) is 9.59 Å². The van der Waals surface area contributed by atoms with Crippen molar-refractivity contribution in [1.82, 2.24) is 9.80 Å². The minimum atomic E-state index is -0.844. The number of hydrogen-bond acceptors (Lipinski definition) is 2. The Labute approximate surface area is 94.6 Å². The van der Waals surface area contributed by atoms with Gasteiger partial charge in [0.25, 0.3) is 0 Å². The molecule has 0 unspecified atom stereocenters. The van der Waals surface area contributed by atoms with E-state index in [1.807, 2.05) is 0 Å². The smallest absolute Gasteiger partial charge is 0.320 e. The Balaban J connectivity index is 2.47. The highest BCUT2D eigenvalue weighted by molar-refractivity contribution is 5.80. The number of carboxylic acids is 1. The first-order chi connectivity index (χ1) is 7.60. The Hall–Kier alpha value is -1.78. The zero-order valence-electron chi connectivity index (χ0n) is 9.13. The molecule has 0 aromatic heterocycles. The van der Waals surface area contributed by atoms with Gasteiger partial charge in [-0.15, -0.1) is 13.2 Å². The molecule has 0 saturated carbocycles. The quantitative estimate of drug-likeness (QED) is 0.702. The van der Waals surface area contributed by atoms with Crippen LogP contribution in [0, 0.1) is 5.92 Å². The first-order valence-electron chi connectivity index (χ1n) is 5.08. The molecule has 0 radical (unpaired) electrons. The van der Waals surface area contributed by atoms with Crippen molar-refractivity contribution in [2.24, 2.45) is 5.92 Å². The molecule has 1 fully saturated rings. The van der Waals surface area contributed by atoms with Gasteiger partial charge in [0.1, 0.15) is 0 Å². The summed E-state index contributed by atoms with van der Waals surface area (Å²) >= 11 is 0. The van der Waals surface area contributed by atoms with Crippen molar-refractivity contribution in [3.05, 3.63) is 25.3 Å². The van der Waals surface area contributed by atoms with Crippen molar-refractivity contribution in [3.8, 4) is 0 Å². The summed E-state index contributed by atoms with van der Waals surface area (Å²) in [6.07, 6.45) is 3.27. The number of carbonyl (C=O) groups excluding carboxylic acids is 1. The molecule has 1 aliphatic heterocycles. The predicted octanol–water partition coefficient (Wildman–Crippen LogP) is 0.797. The molecular weight excluding hydrogens is 208 g/mol. The molecule has 0 atom stereocenters. The van der Waals surface area contributed by atoms with Crippen LogP contribution in [0.5, 0.6) is 0 Å². The highest BCUT2D eigenvalue weighted by Gasteiger charge is 2.37. The second-order valence-electron chi connectivity index (χ2n) is 3.71. The Kier molecular flexibility index (Phi) is 4.10. The van der Waals surface area contributed by atoms with E-state index in [0.717, 1.165) is 0 Å². The summed E-state index contributed by atoms with van der Waals surface area (Å²) < 4.78 is 0. The Morgan fingerprint density at radius 2 is 1.81 bits per heavy atom. The zero-order chi connectivity index (χ0) is 12.1. The molecule has 5 heteroatoms. The predicted molar refractivity (Wildman–Crippen MR) is 60.1 cm³/mol. The molecule has 88 valence electrons. The molecule has 0 spiro atoms. The van der Waals surface area contributed by atoms with Crippen molar-refractivity contribution < 1.29 is 14.7 Å². The standard InChI is InChI=1S/C11H16N2O3/c1-3-5-12(6-4-2)11(16)13-7-9(8-13)10(14)15/h3-4,9H,1-2,5-8H2,(H,14,15). The van der Waals surface area contributed by atoms with Gasteiger partial charge in [-0.1, -0.05) is 12.2 Å². The molecule has 0 aliphatic carbocycles. The van der Waals surface area contributed by atoms with Crippen LogP contribution in [0.25, 0.3) is 0 Å². The van der Waals surface area contributed by atoms with Gasteiger partial charge in [0.2, 0.25) is 0 Å². The lowest BCUT2D eigenvalue weighted by Gasteiger charge is -2.39. The Morgan fingerprint density at radius 3 is 2.19 bits per heavy atom. The minimum Gasteiger partial charge on any atom is -0.481 e. The van der Waals surface area contributed by atoms with Crippen LogP contribution in [0.2, 0.25) is 0 Å². The van der Waals surface area contributed by atoms with E-state index in [2.05, 4.69) is 13.2 Å². The van der Waals surface area contributed by atoms with Crippen LogP contribution in [0.3, 0.4) is 0 Å². The lowest BCUT2D eigenvalue weighted by molar-refractivity contribution is -0.146. The number of hydrogen-bond donors (Lipinski definition) is 1. The van der Waals surface area contributed by atoms with Crippen molar-refractivity contribution >= 4 is 12.0 Å². The zero-order valence-corrected chi connectivity index (χ0v) is 9.13. The number of carbonyl (C=O) groups is 2. The molecule has 1 aliphatic rings. The summed E-state index contributed by atoms with van der Waals surface area (Å²) in [6, 6.07) is -0.155. The van der Waals surface area contributed by atoms with Crippen LogP contribution in [-0.4, -0.2) is 53.1 Å². The average Bonchev–Trinajstić information content (AvgIpc) is 2.14. The molecule has 2 amide bonds. The van der Waals surface area contributed by atoms with E-state index in [1.165, 1.54) is 4.90 Å². The summed E-state index contributed by atoms with van der Waals surface area (Å²) in [7, 11) is 0. The molecule has 16 heavy (non-hydrogen) atoms. The third-order valence-corrected chi connectivity index (χ3v) is 2.47. The van der Waals surface area contributed by atoms with Crippen LogP contribution in [0.15, 0.2) is 25.3 Å². The third-order valence-electron chi connectivity index (χ3n) is 2.47. The number of amides is 2. The molecular formula is C11H16N2O3. The summed E-state index contributed by atoms with van der Waals surface area (Å²) in [6.45, 7) is 8.61. The monoisotopic (exact) mass is 224 g/mol. The molecule has 1 heterocycles. The van der Waals surface area contributed by atoms with Gasteiger partial charge in [0.15, 0.2) is 0 Å². The van der Waals surface area contributed by atoms with Crippen LogP contribution in [0.4, 0.5) is 4.79 Å². The van der Waals surface area contributed by atoms with E-state index >= 15 is 0 Å². The Bertz CT molecular complexity index is 298. The van der Waals surface area contributed by atoms with Crippen molar-refractivity contribution in [2.45, 2.75) is 0 Å². The van der Waals surface area contributed by atoms with E-state index in [1.54, 1.807) is 17.1 Å². The largest absolute Gasteiger partial charge is 0.481 e. The Morgan fingerprint density at radius 1 is 1.31 bits per heavy atom. The first kappa shape index (κ1) is 12.3. The van der Waals surface area contributed by atoms with E-state index in [-0.39, 0.29) is 6.03 Å². The highest BCUT2D eigenvalue weighted by atomic mass is 16.4. The van der Waals surface area contributed by atoms with Crippen molar-refractivity contribution in [2.75, 3.05) is 26.2 Å². The van der Waals surface area contributed by atoms with Gasteiger partial charge in [-0.3, -0.25) is 4.79 Å². The molecule has 1 saturated heterocycles. The fourth-order valence-corrected chi connectivity index (χ4v) is 1.53. The highest BCUT2D eigenvalue weighted by Crippen LogP contribution is 2.17. The first-order valence-corrected chi connectivity index (χ1v) is 5.08. The van der Waals surface area contributed by atoms with Crippen LogP contribution in [0.1, 0.15) is 0 Å². The fourth-order valence-electron chi connectivity index (χ4n) is 1.53. The maximum atomic E-state index is 11.8. The van der Waals surface area contributed by atoms with Crippen LogP contribution in [-0.2, 0) is 4.79 Å². The van der Waals surface area contributed by atoms with E-state index in [4.69, 9.17) is 5.11 Å². The SMILES string of the molecule is C=CCN(CC=C)C(=O)N1CC(C(=O)O)C1. The number of urea groups is 1. The second kappa shape index (κ2) is 5.34. The molecule has 1 N–H and O–H groups in total. The molecule has 0 bridgehead atoms. The molecule has 1 rings (SSSR count). The average molecular weight is 224 g/mol. The van der Waals surface area contributed by atoms with Gasteiger partial charge < -0.3 is 14.9 Å². The summed E-state index contributed by atoms with van der Waals surface area (Å²) in [5.74, 6) is -1.26. The van der Waals surface area contributed by atoms with Crippen LogP contribution >= 0.6 is 0 Å². The number of nitrogens with zero attached hydrogens (tertiary/aromatic N) is 2. The third kappa shape index (κ3) is 2.62. The van der Waals surface area contributed by atoms with Gasteiger partial charge in [0.05, 0.1) is 5.92 Å². The molecule has 5 nitrogen and oxygen atoms in total. The maximum absolute atomic E-state index is 11.8. The van der Waals surface area contributed by atoms with E-state index < -0.39 is 11.9 Å². The van der Waals surface area contributed by atoms with Gasteiger partial charge in [-0.2, -0.15) is 0 Å². The summed E-state index contributed by atoms with van der Waals surface area (Å²) in [5, 5.41) is 8.69. The lowest BCUT2D eigenvalue weighted by Crippen LogP contribution is -2.57. The maximum Gasteiger partial charge on any atom is 0.320 e. The number of rotatable bonds is 5. The van der Waals surface area contributed by atoms with Gasteiger partial charge >= 0.3 is 12.0 Å². The summed E-state index contributed by atoms with van der Waals surface area (Å²) in [4.78, 5) is 25.5. The lowest BCUT2D eigenvalue weighted by atomic mass is 10.0. The number of carboxylic acid groups (broad SMARTS) is 1.